The number of aromatic nitrogens is 2. The van der Waals surface area contributed by atoms with Crippen LogP contribution in [0.3, 0.4) is 0 Å². The van der Waals surface area contributed by atoms with Crippen LogP contribution in [0.2, 0.25) is 5.02 Å². The molecule has 5 rings (SSSR count). The molecular weight excluding hydrogens is 484 g/mol. The van der Waals surface area contributed by atoms with Crippen LogP contribution in [0, 0.1) is 20.8 Å². The van der Waals surface area contributed by atoms with Crippen molar-refractivity contribution in [2.24, 2.45) is 0 Å². The predicted molar refractivity (Wildman–Crippen MR) is 140 cm³/mol. The monoisotopic (exact) mass is 510 g/mol. The highest BCUT2D eigenvalue weighted by molar-refractivity contribution is 7.22. The van der Waals surface area contributed by atoms with Gasteiger partial charge in [-0.15, -0.1) is 0 Å². The van der Waals surface area contributed by atoms with E-state index in [0.29, 0.717) is 52.5 Å². The van der Waals surface area contributed by atoms with Crippen molar-refractivity contribution >= 4 is 44.2 Å². The van der Waals surface area contributed by atoms with Crippen LogP contribution in [0.15, 0.2) is 40.9 Å². The molecule has 2 aromatic heterocycles. The van der Waals surface area contributed by atoms with E-state index in [2.05, 4.69) is 36.0 Å². The number of carbonyl (C=O) groups is 1. The van der Waals surface area contributed by atoms with E-state index in [1.807, 2.05) is 18.2 Å². The van der Waals surface area contributed by atoms with E-state index >= 15 is 0 Å². The minimum absolute atomic E-state index is 0.194. The average Bonchev–Trinajstić information content (AvgIpc) is 3.46. The Labute approximate surface area is 213 Å². The van der Waals surface area contributed by atoms with Crippen LogP contribution < -0.4 is 4.90 Å². The number of rotatable bonds is 6. The predicted octanol–water partition coefficient (Wildman–Crippen LogP) is 5.51. The summed E-state index contributed by atoms with van der Waals surface area (Å²) < 4.78 is 12.0. The Balaban J connectivity index is 1.56. The fourth-order valence-electron chi connectivity index (χ4n) is 4.28. The molecule has 0 N–H and O–H groups in total. The van der Waals surface area contributed by atoms with Gasteiger partial charge in [-0.25, -0.2) is 4.98 Å². The molecule has 7 nitrogen and oxygen atoms in total. The van der Waals surface area contributed by atoms with Crippen LogP contribution in [-0.4, -0.2) is 60.3 Å². The van der Waals surface area contributed by atoms with Crippen molar-refractivity contribution in [1.29, 1.82) is 0 Å². The van der Waals surface area contributed by atoms with E-state index in [4.69, 9.17) is 25.8 Å². The van der Waals surface area contributed by atoms with E-state index in [1.54, 1.807) is 17.9 Å². The fourth-order valence-corrected chi connectivity index (χ4v) is 5.55. The first-order chi connectivity index (χ1) is 16.9. The maximum absolute atomic E-state index is 14.1. The van der Waals surface area contributed by atoms with Crippen molar-refractivity contribution in [3.05, 3.63) is 63.9 Å². The third kappa shape index (κ3) is 4.71. The Bertz CT molecular complexity index is 1380. The van der Waals surface area contributed by atoms with E-state index in [-0.39, 0.29) is 5.91 Å². The number of hydrogen-bond acceptors (Lipinski definition) is 7. The molecule has 0 unspecified atom stereocenters. The number of amides is 1. The molecule has 1 aliphatic rings. The van der Waals surface area contributed by atoms with E-state index in [0.717, 1.165) is 35.4 Å². The number of carbonyl (C=O) groups excluding carboxylic acids is 1. The molecular formula is C26H27ClN4O3S. The molecule has 0 radical (unpaired) electrons. The maximum atomic E-state index is 14.1. The van der Waals surface area contributed by atoms with Gasteiger partial charge in [0.15, 0.2) is 5.13 Å². The lowest BCUT2D eigenvalue weighted by atomic mass is 10.1. The summed E-state index contributed by atoms with van der Waals surface area (Å²) in [5.74, 6) is 0.259. The topological polar surface area (TPSA) is 71.7 Å². The van der Waals surface area contributed by atoms with Gasteiger partial charge in [0.25, 0.3) is 5.91 Å². The Hall–Kier alpha value is -2.78. The Morgan fingerprint density at radius 1 is 1.14 bits per heavy atom. The first-order valence-electron chi connectivity index (χ1n) is 11.6. The van der Waals surface area contributed by atoms with E-state index < -0.39 is 0 Å². The number of ether oxygens (including phenoxy) is 1. The summed E-state index contributed by atoms with van der Waals surface area (Å²) in [4.78, 5) is 23.1. The Kier molecular flexibility index (Phi) is 6.88. The molecule has 1 amide bonds. The van der Waals surface area contributed by atoms with Crippen LogP contribution in [0.25, 0.3) is 21.5 Å². The van der Waals surface area contributed by atoms with Gasteiger partial charge < -0.3 is 9.26 Å². The summed E-state index contributed by atoms with van der Waals surface area (Å²) in [5, 5.41) is 5.39. The van der Waals surface area contributed by atoms with Gasteiger partial charge in [-0.2, -0.15) is 0 Å². The molecule has 0 atom stereocenters. The second-order valence-electron chi connectivity index (χ2n) is 8.70. The highest BCUT2D eigenvalue weighted by Gasteiger charge is 2.30. The highest BCUT2D eigenvalue weighted by Crippen LogP contribution is 2.36. The molecule has 1 aliphatic heterocycles. The highest BCUT2D eigenvalue weighted by atomic mass is 35.5. The number of benzene rings is 2. The zero-order chi connectivity index (χ0) is 24.5. The summed E-state index contributed by atoms with van der Waals surface area (Å²) >= 11 is 7.98. The fraction of sp³-hybridized carbons (Fsp3) is 0.346. The summed E-state index contributed by atoms with van der Waals surface area (Å²) in [6, 6.07) is 11.5. The number of fused-ring (bicyclic) bond motifs is 1. The first kappa shape index (κ1) is 23.9. The molecule has 0 spiro atoms. The Morgan fingerprint density at radius 3 is 2.69 bits per heavy atom. The number of hydrogen-bond donors (Lipinski definition) is 0. The van der Waals surface area contributed by atoms with Crippen molar-refractivity contribution in [2.75, 3.05) is 44.3 Å². The third-order valence-corrected chi connectivity index (χ3v) is 7.87. The number of aryl methyl sites for hydroxylation is 3. The average molecular weight is 511 g/mol. The molecule has 2 aromatic carbocycles. The molecule has 0 saturated carbocycles. The van der Waals surface area contributed by atoms with Crippen LogP contribution in [0.5, 0.6) is 0 Å². The lowest BCUT2D eigenvalue weighted by molar-refractivity contribution is 0.0391. The Morgan fingerprint density at radius 2 is 1.91 bits per heavy atom. The molecule has 3 heterocycles. The lowest BCUT2D eigenvalue weighted by Gasteiger charge is -2.29. The van der Waals surface area contributed by atoms with Crippen LogP contribution >= 0.6 is 22.9 Å². The maximum Gasteiger partial charge on any atom is 0.266 e. The molecule has 35 heavy (non-hydrogen) atoms. The molecule has 4 aromatic rings. The number of thiazole rings is 1. The quantitative estimate of drug-likeness (QED) is 0.340. The number of morpholine rings is 1. The van der Waals surface area contributed by atoms with Gasteiger partial charge in [0, 0.05) is 31.7 Å². The number of halogens is 1. The van der Waals surface area contributed by atoms with Gasteiger partial charge >= 0.3 is 0 Å². The molecule has 1 fully saturated rings. The van der Waals surface area contributed by atoms with Gasteiger partial charge in [0.05, 0.1) is 28.5 Å². The van der Waals surface area contributed by atoms with Gasteiger partial charge in [0.2, 0.25) is 0 Å². The standard InChI is InChI=1S/C26H27ClN4O3S/c1-16-8-9-21-23(17(16)2)28-26(35-21)31(11-10-30-12-14-33-15-13-30)25(32)22-18(3)34-29-24(22)19-6-4-5-7-20(19)27/h4-9H,10-15H2,1-3H3. The molecule has 0 bridgehead atoms. The van der Waals surface area contributed by atoms with E-state index in [9.17, 15) is 4.79 Å². The smallest absolute Gasteiger partial charge is 0.266 e. The third-order valence-electron chi connectivity index (χ3n) is 6.50. The van der Waals surface area contributed by atoms with Gasteiger partial charge in [-0.1, -0.05) is 52.4 Å². The first-order valence-corrected chi connectivity index (χ1v) is 12.8. The van der Waals surface area contributed by atoms with Crippen LogP contribution in [-0.2, 0) is 4.74 Å². The van der Waals surface area contributed by atoms with Gasteiger partial charge in [0.1, 0.15) is 17.0 Å². The minimum Gasteiger partial charge on any atom is -0.379 e. The van der Waals surface area contributed by atoms with Gasteiger partial charge in [-0.05, 0) is 44.0 Å². The second kappa shape index (κ2) is 10.1. The van der Waals surface area contributed by atoms with Gasteiger partial charge in [-0.3, -0.25) is 14.6 Å². The van der Waals surface area contributed by atoms with Crippen molar-refractivity contribution < 1.29 is 14.1 Å². The molecule has 182 valence electrons. The normalized spacial score (nSPS) is 14.5. The zero-order valence-corrected chi connectivity index (χ0v) is 21.6. The summed E-state index contributed by atoms with van der Waals surface area (Å²) in [5.41, 5.74) is 4.76. The second-order valence-corrected chi connectivity index (χ2v) is 10.1. The van der Waals surface area contributed by atoms with Crippen molar-refractivity contribution in [3.8, 4) is 11.3 Å². The van der Waals surface area contributed by atoms with Crippen molar-refractivity contribution in [2.45, 2.75) is 20.8 Å². The van der Waals surface area contributed by atoms with Crippen molar-refractivity contribution in [1.82, 2.24) is 15.0 Å². The summed E-state index contributed by atoms with van der Waals surface area (Å²) in [7, 11) is 0. The van der Waals surface area contributed by atoms with Crippen LogP contribution in [0.1, 0.15) is 27.2 Å². The van der Waals surface area contributed by atoms with E-state index in [1.165, 1.54) is 16.9 Å². The van der Waals surface area contributed by atoms with Crippen molar-refractivity contribution in [3.63, 3.8) is 0 Å². The zero-order valence-electron chi connectivity index (χ0n) is 20.0. The lowest BCUT2D eigenvalue weighted by Crippen LogP contribution is -2.43. The van der Waals surface area contributed by atoms with Crippen LogP contribution in [0.4, 0.5) is 5.13 Å². The molecule has 0 aliphatic carbocycles. The molecule has 1 saturated heterocycles. The number of anilines is 1. The SMILES string of the molecule is Cc1ccc2sc(N(CCN3CCOCC3)C(=O)c3c(-c4ccccc4Cl)noc3C)nc2c1C. The number of nitrogens with zero attached hydrogens (tertiary/aromatic N) is 4. The molecule has 9 heteroatoms. The largest absolute Gasteiger partial charge is 0.379 e. The summed E-state index contributed by atoms with van der Waals surface area (Å²) in [6.07, 6.45) is 0. The minimum atomic E-state index is -0.194. The summed E-state index contributed by atoms with van der Waals surface area (Å²) in [6.45, 7) is 10.2.